The van der Waals surface area contributed by atoms with Crippen molar-refractivity contribution in [2.45, 2.75) is 42.6 Å². The van der Waals surface area contributed by atoms with Gasteiger partial charge in [-0.25, -0.2) is 9.37 Å². The zero-order chi connectivity index (χ0) is 30.1. The highest BCUT2D eigenvalue weighted by Gasteiger charge is 2.33. The highest BCUT2D eigenvalue weighted by Crippen LogP contribution is 2.39. The maximum absolute atomic E-state index is 14.6. The Morgan fingerprint density at radius 3 is 2.83 bits per heavy atom. The lowest BCUT2D eigenvalue weighted by Gasteiger charge is -2.33. The minimum atomic E-state index is -4.59. The van der Waals surface area contributed by atoms with E-state index in [2.05, 4.69) is 32.6 Å². The van der Waals surface area contributed by atoms with E-state index < -0.39 is 23.6 Å². The van der Waals surface area contributed by atoms with Crippen LogP contribution in [0.25, 0.3) is 5.65 Å². The zero-order valence-corrected chi connectivity index (χ0v) is 24.1. The number of hydrogen-bond acceptors (Lipinski definition) is 8. The molecule has 0 spiro atoms. The minimum absolute atomic E-state index is 0.0989. The number of anilines is 1. The van der Waals surface area contributed by atoms with Crippen molar-refractivity contribution in [3.8, 4) is 11.8 Å². The van der Waals surface area contributed by atoms with Gasteiger partial charge in [0.2, 0.25) is 0 Å². The fourth-order valence-corrected chi connectivity index (χ4v) is 5.00. The summed E-state index contributed by atoms with van der Waals surface area (Å²) in [6.07, 6.45) is 3.83. The van der Waals surface area contributed by atoms with Crippen LogP contribution in [-0.4, -0.2) is 101 Å². The Balaban J connectivity index is 1.42. The third-order valence-corrected chi connectivity index (χ3v) is 7.20. The van der Waals surface area contributed by atoms with Crippen molar-refractivity contribution in [3.63, 3.8) is 0 Å². The second-order valence-electron chi connectivity index (χ2n) is 9.53. The third-order valence-electron chi connectivity index (χ3n) is 6.38. The van der Waals surface area contributed by atoms with E-state index >= 15 is 0 Å². The number of carbonyl (C=O) groups is 1. The number of imidazole rings is 1. The van der Waals surface area contributed by atoms with Gasteiger partial charge in [0, 0.05) is 43.9 Å². The number of rotatable bonds is 12. The van der Waals surface area contributed by atoms with Crippen molar-refractivity contribution in [1.29, 1.82) is 0 Å². The van der Waals surface area contributed by atoms with Crippen LogP contribution in [0.15, 0.2) is 35.7 Å². The molecule has 1 aliphatic heterocycles. The first-order chi connectivity index (χ1) is 20.1. The van der Waals surface area contributed by atoms with Crippen LogP contribution in [-0.2, 0) is 16.0 Å². The average molecular weight is 612 g/mol. The number of amides is 1. The number of ether oxygens (including phenoxy) is 2. The van der Waals surface area contributed by atoms with E-state index in [1.165, 1.54) is 16.8 Å². The topological polar surface area (TPSA) is 97.9 Å². The summed E-state index contributed by atoms with van der Waals surface area (Å²) in [6, 6.07) is 2.73. The standard InChI is InChI=1S/C27H33F4N7O3S/c1-3-40-14-15-41-13-12-37-17-19(16-33-37)25(39)32-9-4-6-23-26(42-27(29,30)31)38-10-5-7-22(24(38)35-23)34-21-8-11-36(2)18-20(21)28/h5,7,10,16-17,20-21,34H,3,8-9,11-15,18H2,1-2H3,(H,32,39). The first-order valence-corrected chi connectivity index (χ1v) is 14.3. The Kier molecular flexibility index (Phi) is 11.1. The molecule has 228 valence electrons. The van der Waals surface area contributed by atoms with Gasteiger partial charge in [-0.1, -0.05) is 5.92 Å². The lowest BCUT2D eigenvalue weighted by Crippen LogP contribution is -2.46. The smallest absolute Gasteiger partial charge is 0.379 e. The van der Waals surface area contributed by atoms with Crippen LogP contribution >= 0.6 is 11.8 Å². The number of carbonyl (C=O) groups excluding carboxylic acids is 1. The second kappa shape index (κ2) is 14.7. The minimum Gasteiger partial charge on any atom is -0.379 e. The third kappa shape index (κ3) is 8.84. The molecule has 1 aliphatic rings. The van der Waals surface area contributed by atoms with Crippen molar-refractivity contribution in [3.05, 3.63) is 42.0 Å². The van der Waals surface area contributed by atoms with Crippen LogP contribution in [0.4, 0.5) is 23.2 Å². The number of halogens is 4. The summed E-state index contributed by atoms with van der Waals surface area (Å²) >= 11 is -0.331. The molecule has 3 aromatic heterocycles. The lowest BCUT2D eigenvalue weighted by atomic mass is 10.0. The fourth-order valence-electron chi connectivity index (χ4n) is 4.35. The molecule has 1 amide bonds. The van der Waals surface area contributed by atoms with E-state index in [9.17, 15) is 22.4 Å². The molecule has 0 saturated carbocycles. The highest BCUT2D eigenvalue weighted by atomic mass is 32.2. The number of likely N-dealkylation sites (tertiary alicyclic amines) is 1. The number of thioether (sulfide) groups is 1. The number of nitrogens with zero attached hydrogens (tertiary/aromatic N) is 5. The fraction of sp³-hybridized carbons (Fsp3) is 0.519. The molecule has 0 radical (unpaired) electrons. The van der Waals surface area contributed by atoms with Gasteiger partial charge in [-0.2, -0.15) is 18.3 Å². The van der Waals surface area contributed by atoms with Crippen LogP contribution in [0.5, 0.6) is 0 Å². The van der Waals surface area contributed by atoms with Gasteiger partial charge in [-0.05, 0) is 38.4 Å². The number of piperidine rings is 1. The molecule has 3 aromatic rings. The summed E-state index contributed by atoms with van der Waals surface area (Å²) in [4.78, 5) is 18.7. The van der Waals surface area contributed by atoms with Crippen molar-refractivity contribution in [2.24, 2.45) is 0 Å². The largest absolute Gasteiger partial charge is 0.447 e. The number of nitrogens with one attached hydrogen (secondary N) is 2. The first kappa shape index (κ1) is 31.6. The second-order valence-corrected chi connectivity index (χ2v) is 10.6. The molecule has 1 fully saturated rings. The molecule has 42 heavy (non-hydrogen) atoms. The maximum atomic E-state index is 14.6. The van der Waals surface area contributed by atoms with E-state index in [4.69, 9.17) is 9.47 Å². The summed E-state index contributed by atoms with van der Waals surface area (Å²) in [5.74, 6) is 4.91. The van der Waals surface area contributed by atoms with Gasteiger partial charge >= 0.3 is 5.51 Å². The maximum Gasteiger partial charge on any atom is 0.447 e. The molecule has 0 aromatic carbocycles. The van der Waals surface area contributed by atoms with Gasteiger partial charge in [0.25, 0.3) is 5.91 Å². The summed E-state index contributed by atoms with van der Waals surface area (Å²) in [5.41, 5.74) is -3.76. The summed E-state index contributed by atoms with van der Waals surface area (Å²) in [7, 11) is 1.84. The molecule has 0 aliphatic carbocycles. The Bertz CT molecular complexity index is 1400. The van der Waals surface area contributed by atoms with E-state index in [-0.39, 0.29) is 41.2 Å². The number of alkyl halides is 4. The molecular weight excluding hydrogens is 578 g/mol. The van der Waals surface area contributed by atoms with Crippen LogP contribution < -0.4 is 10.6 Å². The zero-order valence-electron chi connectivity index (χ0n) is 23.3. The SMILES string of the molecule is CCOCCOCCn1cc(C(=O)NCC#Cc2nc3c(NC4CCN(C)CC4F)cccn3c2SC(F)(F)F)cn1. The molecule has 15 heteroatoms. The van der Waals surface area contributed by atoms with E-state index in [1.807, 2.05) is 18.9 Å². The van der Waals surface area contributed by atoms with Crippen LogP contribution in [0.1, 0.15) is 29.4 Å². The summed E-state index contributed by atoms with van der Waals surface area (Å²) in [6.45, 7) is 5.18. The Morgan fingerprint density at radius 2 is 2.07 bits per heavy atom. The van der Waals surface area contributed by atoms with E-state index in [0.29, 0.717) is 57.2 Å². The van der Waals surface area contributed by atoms with Crippen molar-refractivity contribution in [2.75, 3.05) is 58.4 Å². The molecule has 1 saturated heterocycles. The summed E-state index contributed by atoms with van der Waals surface area (Å²) < 4.78 is 68.5. The summed E-state index contributed by atoms with van der Waals surface area (Å²) in [5, 5.41) is 9.65. The quantitative estimate of drug-likeness (QED) is 0.139. The molecule has 2 atom stereocenters. The average Bonchev–Trinajstić information content (AvgIpc) is 3.55. The predicted octanol–water partition coefficient (Wildman–Crippen LogP) is 3.43. The van der Waals surface area contributed by atoms with Gasteiger partial charge in [0.15, 0.2) is 5.65 Å². The van der Waals surface area contributed by atoms with Crippen LogP contribution in [0, 0.1) is 11.8 Å². The van der Waals surface area contributed by atoms with Gasteiger partial charge < -0.3 is 25.0 Å². The van der Waals surface area contributed by atoms with Crippen LogP contribution in [0.3, 0.4) is 0 Å². The number of fused-ring (bicyclic) bond motifs is 1. The lowest BCUT2D eigenvalue weighted by molar-refractivity contribution is -0.0330. The molecule has 10 nitrogen and oxygen atoms in total. The van der Waals surface area contributed by atoms with E-state index in [0.717, 1.165) is 0 Å². The number of pyridine rings is 1. The molecule has 2 N–H and O–H groups in total. The van der Waals surface area contributed by atoms with Crippen molar-refractivity contribution >= 4 is 29.0 Å². The van der Waals surface area contributed by atoms with Gasteiger partial charge in [0.05, 0.1) is 56.4 Å². The number of hydrogen-bond donors (Lipinski definition) is 2. The molecular formula is C27H33F4N7O3S. The Labute approximate surface area is 245 Å². The highest BCUT2D eigenvalue weighted by molar-refractivity contribution is 8.00. The predicted molar refractivity (Wildman–Crippen MR) is 150 cm³/mol. The molecule has 4 heterocycles. The first-order valence-electron chi connectivity index (χ1n) is 13.5. The van der Waals surface area contributed by atoms with Crippen LogP contribution in [0.2, 0.25) is 0 Å². The number of aromatic nitrogens is 4. The van der Waals surface area contributed by atoms with Crippen molar-refractivity contribution in [1.82, 2.24) is 29.4 Å². The molecule has 2 unspecified atom stereocenters. The Hall–Kier alpha value is -3.32. The van der Waals surface area contributed by atoms with Gasteiger partial charge in [-0.15, -0.1) is 0 Å². The monoisotopic (exact) mass is 611 g/mol. The molecule has 4 rings (SSSR count). The normalized spacial score (nSPS) is 17.7. The van der Waals surface area contributed by atoms with Crippen molar-refractivity contribution < 1.29 is 31.8 Å². The van der Waals surface area contributed by atoms with Gasteiger partial charge in [0.1, 0.15) is 16.9 Å². The van der Waals surface area contributed by atoms with Gasteiger partial charge in [-0.3, -0.25) is 13.9 Å². The Morgan fingerprint density at radius 1 is 1.26 bits per heavy atom. The van der Waals surface area contributed by atoms with E-state index in [1.54, 1.807) is 23.0 Å². The molecule has 0 bridgehead atoms.